The number of nitrogens with zero attached hydrogens (tertiary/aromatic N) is 4. The van der Waals surface area contributed by atoms with E-state index in [1.807, 2.05) is 48.5 Å². The van der Waals surface area contributed by atoms with Gasteiger partial charge in [0.15, 0.2) is 17.5 Å². The maximum atomic E-state index is 10.3. The molecule has 2 unspecified atom stereocenters. The molecule has 6 aromatic carbocycles. The number of rotatable bonds is 6. The first kappa shape index (κ1) is 33.0. The fourth-order valence-electron chi connectivity index (χ4n) is 9.69. The average molecular weight is 687 g/mol. The van der Waals surface area contributed by atoms with Crippen LogP contribution in [-0.4, -0.2) is 15.0 Å². The van der Waals surface area contributed by atoms with Gasteiger partial charge in [0.05, 0.1) is 11.6 Å². The van der Waals surface area contributed by atoms with Crippen molar-refractivity contribution in [2.24, 2.45) is 17.8 Å². The molecule has 2 fully saturated rings. The van der Waals surface area contributed by atoms with Gasteiger partial charge in [-0.05, 0) is 107 Å². The topological polar surface area (TPSA) is 62.5 Å². The van der Waals surface area contributed by atoms with Gasteiger partial charge < -0.3 is 0 Å². The second-order valence-electron chi connectivity index (χ2n) is 15.7. The van der Waals surface area contributed by atoms with Gasteiger partial charge in [-0.2, -0.15) is 5.26 Å². The quantitative estimate of drug-likeness (QED) is 0.175. The Labute approximate surface area is 312 Å². The molecule has 2 aliphatic rings. The highest BCUT2D eigenvalue weighted by atomic mass is 15.0. The second kappa shape index (κ2) is 13.6. The minimum absolute atomic E-state index is 0.273. The Hall–Kier alpha value is -5.92. The number of benzene rings is 6. The molecule has 2 saturated carbocycles. The number of hydrogen-bond acceptors (Lipinski definition) is 4. The van der Waals surface area contributed by atoms with Crippen molar-refractivity contribution in [2.45, 2.75) is 51.4 Å². The van der Waals surface area contributed by atoms with Crippen LogP contribution in [0.25, 0.3) is 67.2 Å². The summed E-state index contributed by atoms with van der Waals surface area (Å²) in [5, 5.41) is 12.1. The molecular formula is C49H42N4. The zero-order chi connectivity index (χ0) is 35.9. The van der Waals surface area contributed by atoms with Crippen LogP contribution in [0.3, 0.4) is 0 Å². The van der Waals surface area contributed by atoms with Gasteiger partial charge >= 0.3 is 0 Å². The molecule has 1 heterocycles. The third-order valence-electron chi connectivity index (χ3n) is 11.7. The zero-order valence-corrected chi connectivity index (χ0v) is 30.3. The first-order valence-electron chi connectivity index (χ1n) is 19.0. The van der Waals surface area contributed by atoms with Gasteiger partial charge in [0.25, 0.3) is 0 Å². The monoisotopic (exact) mass is 686 g/mol. The van der Waals surface area contributed by atoms with Crippen molar-refractivity contribution in [3.63, 3.8) is 0 Å². The van der Waals surface area contributed by atoms with E-state index in [2.05, 4.69) is 111 Å². The zero-order valence-electron chi connectivity index (χ0n) is 30.3. The lowest BCUT2D eigenvalue weighted by molar-refractivity contribution is 0.0780. The summed E-state index contributed by atoms with van der Waals surface area (Å²) < 4.78 is 0. The number of hydrogen-bond donors (Lipinski definition) is 0. The Kier molecular flexibility index (Phi) is 8.43. The molecule has 4 nitrogen and oxygen atoms in total. The standard InChI is InChI=1S/C49H42N4/c1-32-24-34-25-33(2)29-49(28-32,30-34)42-22-20-37(21-23-42)41-26-44-40(31-50)14-9-15-43(44)45(27-41)48-52-46(38-12-7-4-8-13-38)51-47(53-48)39-18-16-36(17-19-39)35-10-5-3-6-11-35/h3-23,26-27,32-34H,24-25,28-30H2,1-2H3/t32-,33+,34?,49?. The van der Waals surface area contributed by atoms with Crippen LogP contribution in [0.15, 0.2) is 140 Å². The Morgan fingerprint density at radius 1 is 0.509 bits per heavy atom. The van der Waals surface area contributed by atoms with E-state index < -0.39 is 0 Å². The summed E-state index contributed by atoms with van der Waals surface area (Å²) in [5.74, 6) is 4.16. The van der Waals surface area contributed by atoms with E-state index in [1.165, 1.54) is 37.7 Å². The SMILES string of the molecule is C[C@@H]1CC2C[C@H](C)CC(c3ccc(-c4cc(-c5nc(-c6ccccc6)nc(-c6ccc(-c7ccccc7)cc6)n5)c5cccc(C#N)c5c4)cc3)(C2)C1. The Morgan fingerprint density at radius 3 is 1.68 bits per heavy atom. The van der Waals surface area contributed by atoms with Crippen LogP contribution in [-0.2, 0) is 5.41 Å². The molecular weight excluding hydrogens is 645 g/mol. The van der Waals surface area contributed by atoms with E-state index in [1.54, 1.807) is 0 Å². The van der Waals surface area contributed by atoms with Crippen LogP contribution in [0, 0.1) is 29.1 Å². The minimum atomic E-state index is 0.273. The fourth-order valence-corrected chi connectivity index (χ4v) is 9.69. The predicted octanol–water partition coefficient (Wildman–Crippen LogP) is 12.3. The summed E-state index contributed by atoms with van der Waals surface area (Å²) in [6, 6.07) is 51.0. The van der Waals surface area contributed by atoms with E-state index in [0.717, 1.165) is 67.5 Å². The van der Waals surface area contributed by atoms with Crippen molar-refractivity contribution in [3.8, 4) is 62.5 Å². The second-order valence-corrected chi connectivity index (χ2v) is 15.7. The highest BCUT2D eigenvalue weighted by Gasteiger charge is 2.45. The normalized spacial score (nSPS) is 20.9. The smallest absolute Gasteiger partial charge is 0.164 e. The average Bonchev–Trinajstić information content (AvgIpc) is 3.20. The Balaban J connectivity index is 1.18. The van der Waals surface area contributed by atoms with Crippen LogP contribution in [0.2, 0.25) is 0 Å². The van der Waals surface area contributed by atoms with E-state index in [0.29, 0.717) is 23.0 Å². The van der Waals surface area contributed by atoms with E-state index in [-0.39, 0.29) is 5.41 Å². The first-order valence-corrected chi connectivity index (χ1v) is 19.0. The van der Waals surface area contributed by atoms with Gasteiger partial charge in [-0.15, -0.1) is 0 Å². The van der Waals surface area contributed by atoms with Crippen LogP contribution < -0.4 is 0 Å². The van der Waals surface area contributed by atoms with Crippen molar-refractivity contribution < 1.29 is 0 Å². The molecule has 0 saturated heterocycles. The number of nitriles is 1. The molecule has 4 heteroatoms. The summed E-state index contributed by atoms with van der Waals surface area (Å²) >= 11 is 0. The Morgan fingerprint density at radius 2 is 1.04 bits per heavy atom. The van der Waals surface area contributed by atoms with Gasteiger partial charge in [-0.1, -0.05) is 135 Å². The van der Waals surface area contributed by atoms with E-state index in [4.69, 9.17) is 15.0 Å². The van der Waals surface area contributed by atoms with Crippen LogP contribution in [0.4, 0.5) is 0 Å². The lowest BCUT2D eigenvalue weighted by atomic mass is 9.54. The molecule has 53 heavy (non-hydrogen) atoms. The molecule has 0 aliphatic heterocycles. The molecule has 0 spiro atoms. The number of fused-ring (bicyclic) bond motifs is 3. The number of aromatic nitrogens is 3. The molecule has 7 aromatic rings. The highest BCUT2D eigenvalue weighted by molar-refractivity contribution is 6.01. The Bertz CT molecular complexity index is 2440. The molecule has 258 valence electrons. The molecule has 4 atom stereocenters. The predicted molar refractivity (Wildman–Crippen MR) is 216 cm³/mol. The van der Waals surface area contributed by atoms with Gasteiger partial charge in [-0.3, -0.25) is 0 Å². The van der Waals surface area contributed by atoms with Gasteiger partial charge in [-0.25, -0.2) is 15.0 Å². The fraction of sp³-hybridized carbons (Fsp3) is 0.224. The summed E-state index contributed by atoms with van der Waals surface area (Å²) in [6.07, 6.45) is 6.61. The highest BCUT2D eigenvalue weighted by Crippen LogP contribution is 2.54. The third-order valence-corrected chi connectivity index (χ3v) is 11.7. The van der Waals surface area contributed by atoms with Crippen molar-refractivity contribution in [2.75, 3.05) is 0 Å². The summed E-state index contributed by atoms with van der Waals surface area (Å²) in [4.78, 5) is 15.3. The van der Waals surface area contributed by atoms with E-state index in [9.17, 15) is 5.26 Å². The van der Waals surface area contributed by atoms with Gasteiger partial charge in [0.1, 0.15) is 0 Å². The molecule has 1 aromatic heterocycles. The molecule has 2 aliphatic carbocycles. The summed E-state index contributed by atoms with van der Waals surface area (Å²) in [7, 11) is 0. The van der Waals surface area contributed by atoms with Crippen LogP contribution in [0.1, 0.15) is 57.1 Å². The minimum Gasteiger partial charge on any atom is -0.208 e. The maximum Gasteiger partial charge on any atom is 0.164 e. The maximum absolute atomic E-state index is 10.3. The molecule has 2 bridgehead atoms. The molecule has 0 N–H and O–H groups in total. The molecule has 9 rings (SSSR count). The van der Waals surface area contributed by atoms with Crippen molar-refractivity contribution in [3.05, 3.63) is 151 Å². The van der Waals surface area contributed by atoms with Crippen LogP contribution in [0.5, 0.6) is 0 Å². The van der Waals surface area contributed by atoms with Crippen molar-refractivity contribution in [1.29, 1.82) is 5.26 Å². The van der Waals surface area contributed by atoms with E-state index >= 15 is 0 Å². The van der Waals surface area contributed by atoms with Crippen LogP contribution >= 0.6 is 0 Å². The largest absolute Gasteiger partial charge is 0.208 e. The van der Waals surface area contributed by atoms with Crippen molar-refractivity contribution >= 4 is 10.8 Å². The van der Waals surface area contributed by atoms with Gasteiger partial charge in [0.2, 0.25) is 0 Å². The molecule has 0 amide bonds. The molecule has 0 radical (unpaired) electrons. The lowest BCUT2D eigenvalue weighted by Crippen LogP contribution is -2.42. The van der Waals surface area contributed by atoms with Gasteiger partial charge in [0, 0.05) is 22.1 Å². The summed E-state index contributed by atoms with van der Waals surface area (Å²) in [6.45, 7) is 4.90. The lowest BCUT2D eigenvalue weighted by Gasteiger charge is -2.50. The third kappa shape index (κ3) is 6.31. The summed E-state index contributed by atoms with van der Waals surface area (Å²) in [5.41, 5.74) is 9.56. The first-order chi connectivity index (χ1) is 25.9. The van der Waals surface area contributed by atoms with Crippen molar-refractivity contribution in [1.82, 2.24) is 15.0 Å².